The lowest BCUT2D eigenvalue weighted by Crippen LogP contribution is -2.42. The molecule has 0 saturated carbocycles. The van der Waals surface area contributed by atoms with Gasteiger partial charge in [-0.1, -0.05) is 28.1 Å². The van der Waals surface area contributed by atoms with E-state index in [1.54, 1.807) is 6.92 Å². The Hall–Kier alpha value is -1.60. The normalized spacial score (nSPS) is 13.4. The van der Waals surface area contributed by atoms with E-state index < -0.39 is 18.1 Å². The summed E-state index contributed by atoms with van der Waals surface area (Å²) in [5.41, 5.74) is 0.914. The quantitative estimate of drug-likeness (QED) is 0.653. The smallest absolute Gasteiger partial charge is 0.334 e. The number of hydrogen-bond acceptors (Lipinski definition) is 3. The number of carbonyl (C=O) groups excluding carboxylic acids is 1. The van der Waals surface area contributed by atoms with Gasteiger partial charge < -0.3 is 20.8 Å². The number of carbonyl (C=O) groups is 2. The van der Waals surface area contributed by atoms with Gasteiger partial charge in [0.2, 0.25) is 0 Å². The first-order chi connectivity index (χ1) is 8.90. The minimum Gasteiger partial charge on any atom is -0.479 e. The Balaban J connectivity index is 2.44. The second-order valence-corrected chi connectivity index (χ2v) is 4.90. The van der Waals surface area contributed by atoms with Crippen LogP contribution in [0.25, 0.3) is 0 Å². The maximum atomic E-state index is 11.5. The molecule has 0 bridgehead atoms. The molecule has 0 fully saturated rings. The number of aliphatic hydroxyl groups excluding tert-OH is 1. The Kier molecular flexibility index (Phi) is 5.78. The second kappa shape index (κ2) is 7.10. The van der Waals surface area contributed by atoms with Crippen LogP contribution in [0.15, 0.2) is 28.7 Å². The number of rotatable bonds is 5. The number of amides is 2. The van der Waals surface area contributed by atoms with Crippen LogP contribution < -0.4 is 10.6 Å². The van der Waals surface area contributed by atoms with Gasteiger partial charge in [0.1, 0.15) is 0 Å². The molecule has 2 unspecified atom stereocenters. The Morgan fingerprint density at radius 1 is 1.32 bits per heavy atom. The third kappa shape index (κ3) is 5.27. The second-order valence-electron chi connectivity index (χ2n) is 3.98. The molecule has 0 aliphatic carbocycles. The molecule has 0 aliphatic heterocycles. The fraction of sp³-hybridized carbons (Fsp3) is 0.333. The average molecular weight is 331 g/mol. The molecule has 1 aromatic rings. The van der Waals surface area contributed by atoms with E-state index in [0.717, 1.165) is 10.0 Å². The summed E-state index contributed by atoms with van der Waals surface area (Å²) < 4.78 is 0.942. The van der Waals surface area contributed by atoms with Crippen molar-refractivity contribution in [3.63, 3.8) is 0 Å². The highest BCUT2D eigenvalue weighted by atomic mass is 79.9. The molecule has 4 N–H and O–H groups in total. The molecule has 1 rings (SSSR count). The molecule has 104 valence electrons. The molecular formula is C12H15BrN2O4. The van der Waals surface area contributed by atoms with Crippen molar-refractivity contribution in [1.29, 1.82) is 0 Å². The minimum atomic E-state index is -1.60. The molecule has 6 nitrogen and oxygen atoms in total. The molecule has 0 radical (unpaired) electrons. The van der Waals surface area contributed by atoms with Gasteiger partial charge in [-0.25, -0.2) is 9.59 Å². The predicted octanol–water partition coefficient (Wildman–Crippen LogP) is 1.25. The van der Waals surface area contributed by atoms with Gasteiger partial charge in [-0.05, 0) is 24.6 Å². The number of halogens is 1. The van der Waals surface area contributed by atoms with Crippen LogP contribution in [0, 0.1) is 0 Å². The van der Waals surface area contributed by atoms with E-state index in [1.807, 2.05) is 24.3 Å². The summed E-state index contributed by atoms with van der Waals surface area (Å²) in [5, 5.41) is 22.4. The van der Waals surface area contributed by atoms with Crippen LogP contribution in [0.3, 0.4) is 0 Å². The SMILES string of the molecule is CC(NC(=O)NCC(O)C(=O)O)c1ccc(Br)cc1. The fourth-order valence-electron chi connectivity index (χ4n) is 1.36. The van der Waals surface area contributed by atoms with Crippen molar-refractivity contribution in [3.8, 4) is 0 Å². The molecular weight excluding hydrogens is 316 g/mol. The summed E-state index contributed by atoms with van der Waals surface area (Å²) in [5.74, 6) is -1.37. The number of carboxylic acid groups (broad SMARTS) is 1. The van der Waals surface area contributed by atoms with Crippen LogP contribution in [-0.4, -0.2) is 34.9 Å². The van der Waals surface area contributed by atoms with Gasteiger partial charge in [0.15, 0.2) is 6.10 Å². The third-order valence-electron chi connectivity index (χ3n) is 2.46. The molecule has 0 heterocycles. The maximum absolute atomic E-state index is 11.5. The molecule has 7 heteroatoms. The van der Waals surface area contributed by atoms with Crippen LogP contribution in [0.2, 0.25) is 0 Å². The van der Waals surface area contributed by atoms with Gasteiger partial charge in [0, 0.05) is 4.47 Å². The number of aliphatic carboxylic acids is 1. The summed E-state index contributed by atoms with van der Waals surface area (Å²) in [4.78, 5) is 21.8. The van der Waals surface area contributed by atoms with Gasteiger partial charge in [-0.2, -0.15) is 0 Å². The first-order valence-electron chi connectivity index (χ1n) is 5.61. The first kappa shape index (κ1) is 15.5. The van der Waals surface area contributed by atoms with Crippen molar-refractivity contribution in [3.05, 3.63) is 34.3 Å². The zero-order valence-corrected chi connectivity index (χ0v) is 11.8. The summed E-state index contributed by atoms with van der Waals surface area (Å²) in [6.45, 7) is 1.46. The van der Waals surface area contributed by atoms with E-state index in [9.17, 15) is 9.59 Å². The summed E-state index contributed by atoms with van der Waals surface area (Å²) >= 11 is 3.32. The number of benzene rings is 1. The van der Waals surface area contributed by atoms with E-state index in [1.165, 1.54) is 0 Å². The number of hydrogen-bond donors (Lipinski definition) is 4. The van der Waals surface area contributed by atoms with Crippen LogP contribution in [0.4, 0.5) is 4.79 Å². The Bertz CT molecular complexity index is 450. The van der Waals surface area contributed by atoms with Gasteiger partial charge in [0.05, 0.1) is 12.6 Å². The molecule has 0 spiro atoms. The molecule has 1 aromatic carbocycles. The van der Waals surface area contributed by atoms with E-state index >= 15 is 0 Å². The highest BCUT2D eigenvalue weighted by Gasteiger charge is 2.15. The zero-order chi connectivity index (χ0) is 14.4. The molecule has 0 saturated heterocycles. The van der Waals surface area contributed by atoms with E-state index in [4.69, 9.17) is 10.2 Å². The van der Waals surface area contributed by atoms with Crippen molar-refractivity contribution in [2.75, 3.05) is 6.54 Å². The highest BCUT2D eigenvalue weighted by Crippen LogP contribution is 2.16. The van der Waals surface area contributed by atoms with E-state index in [0.29, 0.717) is 0 Å². The summed E-state index contributed by atoms with van der Waals surface area (Å²) in [6, 6.07) is 6.69. The topological polar surface area (TPSA) is 98.7 Å². The van der Waals surface area contributed by atoms with Crippen LogP contribution in [0.1, 0.15) is 18.5 Å². The predicted molar refractivity (Wildman–Crippen MR) is 72.7 cm³/mol. The van der Waals surface area contributed by atoms with Crippen LogP contribution >= 0.6 is 15.9 Å². The lowest BCUT2D eigenvalue weighted by Gasteiger charge is -2.15. The van der Waals surface area contributed by atoms with E-state index in [-0.39, 0.29) is 12.6 Å². The lowest BCUT2D eigenvalue weighted by atomic mass is 10.1. The Morgan fingerprint density at radius 3 is 2.42 bits per heavy atom. The fourth-order valence-corrected chi connectivity index (χ4v) is 1.62. The van der Waals surface area contributed by atoms with Crippen LogP contribution in [0.5, 0.6) is 0 Å². The molecule has 2 amide bonds. The standard InChI is InChI=1S/C12H15BrN2O4/c1-7(8-2-4-9(13)5-3-8)15-12(19)14-6-10(16)11(17)18/h2-5,7,10,16H,6H2,1H3,(H,17,18)(H2,14,15,19). The van der Waals surface area contributed by atoms with Crippen molar-refractivity contribution in [1.82, 2.24) is 10.6 Å². The Labute approximate surface area is 118 Å². The maximum Gasteiger partial charge on any atom is 0.334 e. The number of nitrogens with one attached hydrogen (secondary N) is 2. The van der Waals surface area contributed by atoms with Gasteiger partial charge >= 0.3 is 12.0 Å². The van der Waals surface area contributed by atoms with Gasteiger partial charge in [0.25, 0.3) is 0 Å². The molecule has 19 heavy (non-hydrogen) atoms. The van der Waals surface area contributed by atoms with Crippen molar-refractivity contribution in [2.24, 2.45) is 0 Å². The summed E-state index contributed by atoms with van der Waals surface area (Å²) in [7, 11) is 0. The molecule has 2 atom stereocenters. The van der Waals surface area contributed by atoms with E-state index in [2.05, 4.69) is 26.6 Å². The molecule has 0 aliphatic rings. The third-order valence-corrected chi connectivity index (χ3v) is 2.99. The first-order valence-corrected chi connectivity index (χ1v) is 6.40. The number of urea groups is 1. The van der Waals surface area contributed by atoms with Gasteiger partial charge in [-0.15, -0.1) is 0 Å². The zero-order valence-electron chi connectivity index (χ0n) is 10.3. The van der Waals surface area contributed by atoms with Crippen molar-refractivity contribution >= 4 is 27.9 Å². The lowest BCUT2D eigenvalue weighted by molar-refractivity contribution is -0.146. The van der Waals surface area contributed by atoms with Crippen LogP contribution in [-0.2, 0) is 4.79 Å². The Morgan fingerprint density at radius 2 is 1.89 bits per heavy atom. The van der Waals surface area contributed by atoms with Crippen molar-refractivity contribution < 1.29 is 19.8 Å². The summed E-state index contributed by atoms with van der Waals surface area (Å²) in [6.07, 6.45) is -1.60. The van der Waals surface area contributed by atoms with Crippen molar-refractivity contribution in [2.45, 2.75) is 19.1 Å². The monoisotopic (exact) mass is 330 g/mol. The minimum absolute atomic E-state index is 0.227. The largest absolute Gasteiger partial charge is 0.479 e. The number of carboxylic acids is 1. The average Bonchev–Trinajstić information content (AvgIpc) is 2.36. The molecule has 0 aromatic heterocycles. The highest BCUT2D eigenvalue weighted by molar-refractivity contribution is 9.10. The number of aliphatic hydroxyl groups is 1. The van der Waals surface area contributed by atoms with Gasteiger partial charge in [-0.3, -0.25) is 0 Å².